The van der Waals surface area contributed by atoms with Crippen molar-refractivity contribution in [1.29, 1.82) is 0 Å². The second-order valence-electron chi connectivity index (χ2n) is 7.68. The molecule has 1 aromatic carbocycles. The van der Waals surface area contributed by atoms with E-state index >= 15 is 0 Å². The SMILES string of the molecule is CCOC(=O)[C@H](C)NP(=O)(CO[C@@H]1C=C[C@H](n2cc(C)c(=O)[nH]c2=O)C1)Oc1ccccc1. The average molecular weight is 477 g/mol. The second kappa shape index (κ2) is 10.8. The van der Waals surface area contributed by atoms with Gasteiger partial charge in [-0.3, -0.25) is 23.7 Å². The zero-order chi connectivity index (χ0) is 24.0. The molecule has 11 heteroatoms. The first-order chi connectivity index (χ1) is 15.7. The molecule has 178 valence electrons. The van der Waals surface area contributed by atoms with Crippen LogP contribution in [0.4, 0.5) is 0 Å². The molecule has 0 saturated carbocycles. The third kappa shape index (κ3) is 6.54. The molecule has 1 aliphatic carbocycles. The number of hydrogen-bond donors (Lipinski definition) is 2. The fourth-order valence-corrected chi connectivity index (χ4v) is 5.09. The normalized spacial score (nSPS) is 20.2. The molecule has 1 aliphatic rings. The maximum Gasteiger partial charge on any atom is 0.342 e. The van der Waals surface area contributed by atoms with Crippen LogP contribution >= 0.6 is 7.52 Å². The van der Waals surface area contributed by atoms with Gasteiger partial charge in [0.05, 0.1) is 18.8 Å². The van der Waals surface area contributed by atoms with Gasteiger partial charge in [-0.25, -0.2) is 9.88 Å². The van der Waals surface area contributed by atoms with Crippen LogP contribution in [0.3, 0.4) is 0 Å². The molecule has 1 unspecified atom stereocenters. The van der Waals surface area contributed by atoms with E-state index in [1.807, 2.05) is 0 Å². The number of nitrogens with one attached hydrogen (secondary N) is 2. The number of ether oxygens (including phenoxy) is 2. The molecule has 33 heavy (non-hydrogen) atoms. The summed E-state index contributed by atoms with van der Waals surface area (Å²) in [6, 6.07) is 7.39. The number of aromatic nitrogens is 2. The van der Waals surface area contributed by atoms with E-state index in [1.54, 1.807) is 56.3 Å². The van der Waals surface area contributed by atoms with Crippen molar-refractivity contribution in [3.63, 3.8) is 0 Å². The Morgan fingerprint density at radius 1 is 1.27 bits per heavy atom. The Hall–Kier alpha value is -2.94. The highest BCUT2D eigenvalue weighted by atomic mass is 31.2. The summed E-state index contributed by atoms with van der Waals surface area (Å²) in [5, 5.41) is 2.73. The van der Waals surface area contributed by atoms with Gasteiger partial charge < -0.3 is 14.0 Å². The van der Waals surface area contributed by atoms with Gasteiger partial charge in [-0.15, -0.1) is 0 Å². The number of allylic oxidation sites excluding steroid dienone is 1. The van der Waals surface area contributed by atoms with Crippen LogP contribution in [-0.4, -0.2) is 40.6 Å². The summed E-state index contributed by atoms with van der Waals surface area (Å²) < 4.78 is 31.5. The standard InChI is InChI=1S/C22H28N3O7P/c1-4-30-21(27)16(3)24-33(29,32-18-8-6-5-7-9-18)14-31-19-11-10-17(12-19)25-13-15(2)20(26)23-22(25)28/h5-11,13,16-17,19H,4,12,14H2,1-3H3,(H,24,29)(H,23,26,28)/t16-,17-,19+,33?/m0/s1. The summed E-state index contributed by atoms with van der Waals surface area (Å²) >= 11 is 0. The monoisotopic (exact) mass is 477 g/mol. The third-order valence-corrected chi connectivity index (χ3v) is 6.79. The van der Waals surface area contributed by atoms with Crippen LogP contribution in [0.2, 0.25) is 0 Å². The van der Waals surface area contributed by atoms with Gasteiger partial charge in [-0.1, -0.05) is 30.4 Å². The number of rotatable bonds is 10. The number of nitrogens with zero attached hydrogens (tertiary/aromatic N) is 1. The second-order valence-corrected chi connectivity index (χ2v) is 9.73. The predicted octanol–water partition coefficient (Wildman–Crippen LogP) is 2.50. The van der Waals surface area contributed by atoms with Crippen LogP contribution in [0, 0.1) is 6.92 Å². The van der Waals surface area contributed by atoms with Crippen LogP contribution in [0.15, 0.2) is 58.3 Å². The summed E-state index contributed by atoms with van der Waals surface area (Å²) in [6.07, 6.45) is 4.71. The first-order valence-corrected chi connectivity index (χ1v) is 12.4. The van der Waals surface area contributed by atoms with Crippen molar-refractivity contribution in [1.82, 2.24) is 14.6 Å². The maximum absolute atomic E-state index is 13.6. The predicted molar refractivity (Wildman–Crippen MR) is 123 cm³/mol. The topological polar surface area (TPSA) is 129 Å². The van der Waals surface area contributed by atoms with E-state index in [4.69, 9.17) is 14.0 Å². The minimum atomic E-state index is -3.67. The van der Waals surface area contributed by atoms with E-state index in [0.29, 0.717) is 17.7 Å². The molecule has 0 amide bonds. The van der Waals surface area contributed by atoms with Crippen molar-refractivity contribution in [3.8, 4) is 5.75 Å². The number of aromatic amines is 1. The zero-order valence-electron chi connectivity index (χ0n) is 18.7. The van der Waals surface area contributed by atoms with Crippen LogP contribution in [0.1, 0.15) is 31.9 Å². The summed E-state index contributed by atoms with van der Waals surface area (Å²) in [5.74, 6) is -0.189. The average Bonchev–Trinajstić information content (AvgIpc) is 3.24. The summed E-state index contributed by atoms with van der Waals surface area (Å²) in [7, 11) is -3.67. The molecule has 0 fully saturated rings. The lowest BCUT2D eigenvalue weighted by Crippen LogP contribution is -2.36. The molecular formula is C22H28N3O7P. The van der Waals surface area contributed by atoms with Crippen molar-refractivity contribution in [3.05, 3.63) is 75.1 Å². The molecule has 3 rings (SSSR count). The van der Waals surface area contributed by atoms with Gasteiger partial charge in [0.2, 0.25) is 0 Å². The molecule has 2 N–H and O–H groups in total. The van der Waals surface area contributed by atoms with E-state index in [9.17, 15) is 18.9 Å². The van der Waals surface area contributed by atoms with Crippen LogP contribution in [0.25, 0.3) is 0 Å². The summed E-state index contributed by atoms with van der Waals surface area (Å²) in [5.41, 5.74) is -0.513. The third-order valence-electron chi connectivity index (χ3n) is 5.01. The minimum absolute atomic E-state index is 0.197. The van der Waals surface area contributed by atoms with Crippen LogP contribution in [0.5, 0.6) is 5.75 Å². The highest BCUT2D eigenvalue weighted by molar-refractivity contribution is 7.57. The molecule has 1 aromatic heterocycles. The van der Waals surface area contributed by atoms with Gasteiger partial charge in [-0.2, -0.15) is 0 Å². The Bertz CT molecular complexity index is 1160. The lowest BCUT2D eigenvalue weighted by atomic mass is 10.2. The fraction of sp³-hybridized carbons (Fsp3) is 0.409. The Kier molecular flexibility index (Phi) is 8.07. The Morgan fingerprint density at radius 2 is 2.00 bits per heavy atom. The van der Waals surface area contributed by atoms with E-state index < -0.39 is 36.9 Å². The number of H-pyrrole nitrogens is 1. The lowest BCUT2D eigenvalue weighted by molar-refractivity contribution is -0.144. The molecule has 10 nitrogen and oxygen atoms in total. The molecule has 0 radical (unpaired) electrons. The molecule has 0 spiro atoms. The minimum Gasteiger partial charge on any atom is -0.465 e. The number of esters is 1. The summed E-state index contributed by atoms with van der Waals surface area (Å²) in [6.45, 7) is 5.04. The zero-order valence-corrected chi connectivity index (χ0v) is 19.6. The van der Waals surface area contributed by atoms with Crippen molar-refractivity contribution >= 4 is 13.5 Å². The number of carbonyl (C=O) groups is 1. The van der Waals surface area contributed by atoms with E-state index in [2.05, 4.69) is 10.1 Å². The number of para-hydroxylation sites is 1. The fourth-order valence-electron chi connectivity index (χ4n) is 3.36. The Morgan fingerprint density at radius 3 is 2.70 bits per heavy atom. The molecule has 0 aliphatic heterocycles. The van der Waals surface area contributed by atoms with Gasteiger partial charge in [0, 0.05) is 18.2 Å². The number of aryl methyl sites for hydroxylation is 1. The summed E-state index contributed by atoms with van der Waals surface area (Å²) in [4.78, 5) is 38.1. The highest BCUT2D eigenvalue weighted by Gasteiger charge is 2.33. The number of benzene rings is 1. The van der Waals surface area contributed by atoms with Gasteiger partial charge in [0.25, 0.3) is 5.56 Å². The molecule has 0 bridgehead atoms. The van der Waals surface area contributed by atoms with Crippen molar-refractivity contribution < 1.29 is 23.4 Å². The quantitative estimate of drug-likeness (QED) is 0.303. The first-order valence-electron chi connectivity index (χ1n) is 10.6. The molecule has 4 atom stereocenters. The Labute approximate surface area is 191 Å². The highest BCUT2D eigenvalue weighted by Crippen LogP contribution is 2.44. The maximum atomic E-state index is 13.6. The van der Waals surface area contributed by atoms with Crippen molar-refractivity contribution in [2.75, 3.05) is 13.0 Å². The largest absolute Gasteiger partial charge is 0.465 e. The number of carbonyl (C=O) groups excluding carboxylic acids is 1. The molecular weight excluding hydrogens is 449 g/mol. The van der Waals surface area contributed by atoms with E-state index in [0.717, 1.165) is 0 Å². The van der Waals surface area contributed by atoms with Gasteiger partial charge in [0.15, 0.2) is 0 Å². The van der Waals surface area contributed by atoms with Crippen molar-refractivity contribution in [2.24, 2.45) is 0 Å². The van der Waals surface area contributed by atoms with Crippen LogP contribution in [-0.2, 0) is 18.8 Å². The Balaban J connectivity index is 1.69. The van der Waals surface area contributed by atoms with E-state index in [1.165, 1.54) is 17.7 Å². The number of hydrogen-bond acceptors (Lipinski definition) is 7. The van der Waals surface area contributed by atoms with Gasteiger partial charge in [-0.05, 0) is 32.9 Å². The first kappa shape index (κ1) is 24.7. The molecule has 1 heterocycles. The smallest absolute Gasteiger partial charge is 0.342 e. The lowest BCUT2D eigenvalue weighted by Gasteiger charge is -2.24. The van der Waals surface area contributed by atoms with Crippen molar-refractivity contribution in [2.45, 2.75) is 45.4 Å². The van der Waals surface area contributed by atoms with Crippen LogP contribution < -0.4 is 20.9 Å². The molecule has 0 saturated heterocycles. The van der Waals surface area contributed by atoms with Gasteiger partial charge in [0.1, 0.15) is 18.1 Å². The van der Waals surface area contributed by atoms with E-state index in [-0.39, 0.29) is 19.0 Å². The molecule has 2 aromatic rings. The van der Waals surface area contributed by atoms with Gasteiger partial charge >= 0.3 is 19.2 Å².